The Hall–Kier alpha value is -1.92. The third-order valence-corrected chi connectivity index (χ3v) is 7.12. The second kappa shape index (κ2) is 9.06. The highest BCUT2D eigenvalue weighted by atomic mass is 32.1. The minimum atomic E-state index is 0.0705. The third-order valence-electron chi connectivity index (χ3n) is 6.77. The molecule has 1 N–H and O–H groups in total. The zero-order valence-electron chi connectivity index (χ0n) is 18.8. The molecule has 0 spiro atoms. The molecule has 3 heterocycles. The van der Waals surface area contributed by atoms with Crippen molar-refractivity contribution >= 4 is 17.3 Å². The van der Waals surface area contributed by atoms with Gasteiger partial charge in [-0.25, -0.2) is 0 Å². The van der Waals surface area contributed by atoms with Gasteiger partial charge in [0.2, 0.25) is 0 Å². The standard InChI is InChI=1S/C24H35N5S/c1-17-16-20(18(2)29(17)19-10-6-5-7-11-19)23-22(21-12-8-9-13-25-21)26-24(30)28(23)15-14-27(3)4/h8-9,12-13,16,19,22-23H,5-7,10-11,14-15H2,1-4H3,(H,26,30)/t22-,23+/m1/s1. The lowest BCUT2D eigenvalue weighted by molar-refractivity contribution is 0.276. The van der Waals surface area contributed by atoms with Crippen LogP contribution in [0.3, 0.4) is 0 Å². The summed E-state index contributed by atoms with van der Waals surface area (Å²) < 4.78 is 2.61. The molecule has 2 atom stereocenters. The number of likely N-dealkylation sites (N-methyl/N-ethyl adjacent to an activating group) is 1. The van der Waals surface area contributed by atoms with Gasteiger partial charge in [0, 0.05) is 36.7 Å². The maximum atomic E-state index is 5.82. The van der Waals surface area contributed by atoms with Gasteiger partial charge in [-0.2, -0.15) is 0 Å². The minimum Gasteiger partial charge on any atom is -0.352 e. The molecule has 30 heavy (non-hydrogen) atoms. The summed E-state index contributed by atoms with van der Waals surface area (Å²) in [6.07, 6.45) is 8.54. The van der Waals surface area contributed by atoms with E-state index in [1.165, 1.54) is 49.1 Å². The highest BCUT2D eigenvalue weighted by molar-refractivity contribution is 7.80. The number of nitrogens with zero attached hydrogens (tertiary/aromatic N) is 4. The summed E-state index contributed by atoms with van der Waals surface area (Å²) in [5, 5.41) is 4.43. The molecule has 1 aliphatic carbocycles. The van der Waals surface area contributed by atoms with Crippen LogP contribution in [0.5, 0.6) is 0 Å². The monoisotopic (exact) mass is 425 g/mol. The van der Waals surface area contributed by atoms with E-state index < -0.39 is 0 Å². The molecule has 2 aromatic heterocycles. The second-order valence-electron chi connectivity index (χ2n) is 9.11. The Morgan fingerprint density at radius 1 is 1.17 bits per heavy atom. The quantitative estimate of drug-likeness (QED) is 0.688. The van der Waals surface area contributed by atoms with Crippen molar-refractivity contribution in [1.29, 1.82) is 0 Å². The molecule has 2 aromatic rings. The first kappa shape index (κ1) is 21.3. The topological polar surface area (TPSA) is 36.3 Å². The van der Waals surface area contributed by atoms with Gasteiger partial charge >= 0.3 is 0 Å². The van der Waals surface area contributed by atoms with Gasteiger partial charge in [0.05, 0.1) is 17.8 Å². The number of hydrogen-bond acceptors (Lipinski definition) is 3. The van der Waals surface area contributed by atoms with E-state index in [0.717, 1.165) is 23.9 Å². The van der Waals surface area contributed by atoms with E-state index in [1.807, 2.05) is 12.3 Å². The number of aryl methyl sites for hydroxylation is 1. The van der Waals surface area contributed by atoms with Crippen LogP contribution in [0.25, 0.3) is 0 Å². The van der Waals surface area contributed by atoms with Crippen LogP contribution in [0.15, 0.2) is 30.5 Å². The fraction of sp³-hybridized carbons (Fsp3) is 0.583. The maximum Gasteiger partial charge on any atom is 0.170 e. The first-order valence-corrected chi connectivity index (χ1v) is 11.7. The van der Waals surface area contributed by atoms with Gasteiger partial charge in [0.15, 0.2) is 5.11 Å². The van der Waals surface area contributed by atoms with Gasteiger partial charge in [-0.3, -0.25) is 4.98 Å². The third kappa shape index (κ3) is 4.12. The summed E-state index contributed by atoms with van der Waals surface area (Å²) in [7, 11) is 4.24. The van der Waals surface area contributed by atoms with Gasteiger partial charge < -0.3 is 19.7 Å². The molecule has 1 aliphatic heterocycles. The zero-order chi connectivity index (χ0) is 21.3. The Balaban J connectivity index is 1.74. The van der Waals surface area contributed by atoms with Crippen LogP contribution in [-0.4, -0.2) is 51.6 Å². The van der Waals surface area contributed by atoms with Gasteiger partial charge in [-0.1, -0.05) is 25.3 Å². The lowest BCUT2D eigenvalue weighted by Crippen LogP contribution is -2.35. The predicted octanol–water partition coefficient (Wildman–Crippen LogP) is 4.54. The van der Waals surface area contributed by atoms with Crippen molar-refractivity contribution in [1.82, 2.24) is 24.7 Å². The molecule has 0 unspecified atom stereocenters. The van der Waals surface area contributed by atoms with Crippen molar-refractivity contribution in [3.05, 3.63) is 53.1 Å². The maximum absolute atomic E-state index is 5.82. The molecule has 1 saturated heterocycles. The van der Waals surface area contributed by atoms with Crippen LogP contribution in [-0.2, 0) is 0 Å². The molecule has 2 fully saturated rings. The van der Waals surface area contributed by atoms with Crippen LogP contribution in [0, 0.1) is 13.8 Å². The van der Waals surface area contributed by atoms with Crippen LogP contribution >= 0.6 is 12.2 Å². The molecule has 0 bridgehead atoms. The summed E-state index contributed by atoms with van der Waals surface area (Å²) in [5.41, 5.74) is 5.21. The fourth-order valence-corrected chi connectivity index (χ4v) is 5.63. The molecule has 0 radical (unpaired) electrons. The first-order chi connectivity index (χ1) is 14.5. The normalized spacial score (nSPS) is 22.7. The summed E-state index contributed by atoms with van der Waals surface area (Å²) in [6, 6.07) is 9.43. The summed E-state index contributed by atoms with van der Waals surface area (Å²) in [4.78, 5) is 9.28. The van der Waals surface area contributed by atoms with Crippen molar-refractivity contribution in [2.75, 3.05) is 27.2 Å². The van der Waals surface area contributed by atoms with Gasteiger partial charge in [-0.15, -0.1) is 0 Å². The number of rotatable bonds is 6. The smallest absolute Gasteiger partial charge is 0.170 e. The number of hydrogen-bond donors (Lipinski definition) is 1. The summed E-state index contributed by atoms with van der Waals surface area (Å²) in [6.45, 7) is 6.44. The summed E-state index contributed by atoms with van der Waals surface area (Å²) in [5.74, 6) is 0. The highest BCUT2D eigenvalue weighted by Crippen LogP contribution is 2.42. The van der Waals surface area contributed by atoms with Crippen LogP contribution < -0.4 is 5.32 Å². The van der Waals surface area contributed by atoms with E-state index in [4.69, 9.17) is 12.2 Å². The predicted molar refractivity (Wildman–Crippen MR) is 127 cm³/mol. The van der Waals surface area contributed by atoms with Gasteiger partial charge in [0.1, 0.15) is 0 Å². The van der Waals surface area contributed by atoms with Crippen molar-refractivity contribution in [2.45, 2.75) is 64.1 Å². The van der Waals surface area contributed by atoms with Crippen molar-refractivity contribution in [3.8, 4) is 0 Å². The van der Waals surface area contributed by atoms with Gasteiger partial charge in [-0.05, 0) is 76.8 Å². The van der Waals surface area contributed by atoms with E-state index in [0.29, 0.717) is 6.04 Å². The molecule has 4 rings (SSSR count). The van der Waals surface area contributed by atoms with Crippen molar-refractivity contribution in [2.24, 2.45) is 0 Å². The zero-order valence-corrected chi connectivity index (χ0v) is 19.6. The molecule has 0 amide bonds. The number of aromatic nitrogens is 2. The Kier molecular flexibility index (Phi) is 6.44. The van der Waals surface area contributed by atoms with Crippen LogP contribution in [0.1, 0.15) is 72.9 Å². The molecular formula is C24H35N5S. The molecule has 162 valence electrons. The van der Waals surface area contributed by atoms with E-state index in [-0.39, 0.29) is 12.1 Å². The average Bonchev–Trinajstić information content (AvgIpc) is 3.22. The molecular weight excluding hydrogens is 390 g/mol. The lowest BCUT2D eigenvalue weighted by atomic mass is 9.94. The highest BCUT2D eigenvalue weighted by Gasteiger charge is 2.41. The van der Waals surface area contributed by atoms with E-state index in [1.54, 1.807) is 0 Å². The number of thiocarbonyl (C=S) groups is 1. The fourth-order valence-electron chi connectivity index (χ4n) is 5.30. The Morgan fingerprint density at radius 3 is 2.60 bits per heavy atom. The van der Waals surface area contributed by atoms with E-state index in [9.17, 15) is 0 Å². The number of nitrogens with one attached hydrogen (secondary N) is 1. The molecule has 2 aliphatic rings. The molecule has 0 aromatic carbocycles. The van der Waals surface area contributed by atoms with Crippen molar-refractivity contribution in [3.63, 3.8) is 0 Å². The molecule has 1 saturated carbocycles. The van der Waals surface area contributed by atoms with Crippen LogP contribution in [0.4, 0.5) is 0 Å². The first-order valence-electron chi connectivity index (χ1n) is 11.3. The number of pyridine rings is 1. The van der Waals surface area contributed by atoms with E-state index >= 15 is 0 Å². The largest absolute Gasteiger partial charge is 0.352 e. The second-order valence-corrected chi connectivity index (χ2v) is 9.50. The van der Waals surface area contributed by atoms with E-state index in [2.05, 4.69) is 70.8 Å². The Morgan fingerprint density at radius 2 is 1.93 bits per heavy atom. The Labute approximate surface area is 186 Å². The Bertz CT molecular complexity index is 869. The van der Waals surface area contributed by atoms with Crippen molar-refractivity contribution < 1.29 is 0 Å². The molecule has 6 heteroatoms. The minimum absolute atomic E-state index is 0.0705. The lowest BCUT2D eigenvalue weighted by Gasteiger charge is -2.30. The van der Waals surface area contributed by atoms with Crippen LogP contribution in [0.2, 0.25) is 0 Å². The van der Waals surface area contributed by atoms with Gasteiger partial charge in [0.25, 0.3) is 0 Å². The SMILES string of the molecule is Cc1cc([C@H]2[C@@H](c3ccccn3)NC(=S)N2CCN(C)C)c(C)n1C1CCCCC1. The molecule has 5 nitrogen and oxygen atoms in total. The average molecular weight is 426 g/mol. The summed E-state index contributed by atoms with van der Waals surface area (Å²) >= 11 is 5.82.